The van der Waals surface area contributed by atoms with E-state index in [1.807, 2.05) is 109 Å². The minimum absolute atomic E-state index is 0. The molecule has 0 bridgehead atoms. The minimum Gasteiger partial charge on any atom is -0.255 e. The van der Waals surface area contributed by atoms with Crippen LogP contribution in [0.1, 0.15) is 0 Å². The molecule has 6 nitrogen and oxygen atoms in total. The van der Waals surface area contributed by atoms with Gasteiger partial charge in [0.2, 0.25) is 0 Å². The fraction of sp³-hybridized carbons (Fsp3) is 0. The van der Waals surface area contributed by atoms with Gasteiger partial charge in [-0.25, -0.2) is 9.97 Å². The molecule has 0 saturated carbocycles. The van der Waals surface area contributed by atoms with Crippen molar-refractivity contribution in [2.24, 2.45) is 0 Å². The molecule has 6 heterocycles. The van der Waals surface area contributed by atoms with Gasteiger partial charge in [-0.3, -0.25) is 19.9 Å². The van der Waals surface area contributed by atoms with Crippen LogP contribution in [0.15, 0.2) is 134 Å². The molecule has 6 aromatic rings. The van der Waals surface area contributed by atoms with E-state index in [1.165, 1.54) is 0 Å². The molecule has 0 saturated heterocycles. The number of hydrogen-bond acceptors (Lipinski definition) is 6. The average molecular weight is 522 g/mol. The smallest absolute Gasteiger partial charge is 0.0894 e. The van der Waals surface area contributed by atoms with Gasteiger partial charge in [0.15, 0.2) is 0 Å². The summed E-state index contributed by atoms with van der Waals surface area (Å²) in [6.45, 7) is 0. The van der Waals surface area contributed by atoms with Crippen LogP contribution >= 0.6 is 0 Å². The average Bonchev–Trinajstić information content (AvgIpc) is 2.99. The Balaban J connectivity index is 0.000000168. The Morgan fingerprint density at radius 2 is 0.514 bits per heavy atom. The Morgan fingerprint density at radius 1 is 0.270 bits per heavy atom. The molecule has 180 valence electrons. The molecule has 0 aliphatic carbocycles. The molecular formula is C30H22FeN6. The summed E-state index contributed by atoms with van der Waals surface area (Å²) >= 11 is 0. The molecule has 0 fully saturated rings. The van der Waals surface area contributed by atoms with Crippen LogP contribution in [0.4, 0.5) is 0 Å². The van der Waals surface area contributed by atoms with Crippen LogP contribution in [0.2, 0.25) is 0 Å². The third-order valence-electron chi connectivity index (χ3n) is 5.21. The minimum atomic E-state index is 0. The second-order valence-electron chi connectivity index (χ2n) is 7.68. The van der Waals surface area contributed by atoms with Gasteiger partial charge in [-0.1, -0.05) is 36.4 Å². The number of rotatable bonds is 4. The van der Waals surface area contributed by atoms with Gasteiger partial charge in [-0.2, -0.15) is 0 Å². The van der Waals surface area contributed by atoms with Gasteiger partial charge in [0, 0.05) is 41.9 Å². The van der Waals surface area contributed by atoms with Crippen LogP contribution in [0, 0.1) is 0 Å². The maximum absolute atomic E-state index is 4.59. The van der Waals surface area contributed by atoms with Crippen molar-refractivity contribution in [3.8, 4) is 45.6 Å². The largest absolute Gasteiger partial charge is 0.255 e. The molecule has 37 heavy (non-hydrogen) atoms. The summed E-state index contributed by atoms with van der Waals surface area (Å²) in [6, 6.07) is 35.0. The number of pyridine rings is 6. The summed E-state index contributed by atoms with van der Waals surface area (Å²) in [7, 11) is 0. The summed E-state index contributed by atoms with van der Waals surface area (Å²) in [6.07, 6.45) is 7.07. The third-order valence-corrected chi connectivity index (χ3v) is 5.21. The summed E-state index contributed by atoms with van der Waals surface area (Å²) in [4.78, 5) is 26.4. The van der Waals surface area contributed by atoms with E-state index in [2.05, 4.69) is 29.9 Å². The van der Waals surface area contributed by atoms with Crippen molar-refractivity contribution in [3.05, 3.63) is 134 Å². The first kappa shape index (κ1) is 25.5. The van der Waals surface area contributed by atoms with E-state index in [0.717, 1.165) is 45.6 Å². The molecule has 6 aromatic heterocycles. The molecule has 0 aliphatic rings. The first-order valence-electron chi connectivity index (χ1n) is 11.5. The maximum atomic E-state index is 4.59. The molecule has 6 rings (SSSR count). The molecule has 0 amide bonds. The van der Waals surface area contributed by atoms with Crippen molar-refractivity contribution in [1.29, 1.82) is 0 Å². The monoisotopic (exact) mass is 522 g/mol. The quantitative estimate of drug-likeness (QED) is 0.249. The van der Waals surface area contributed by atoms with Crippen molar-refractivity contribution in [2.45, 2.75) is 0 Å². The van der Waals surface area contributed by atoms with Gasteiger partial charge in [0.25, 0.3) is 0 Å². The predicted molar refractivity (Wildman–Crippen MR) is 141 cm³/mol. The number of hydrogen-bond donors (Lipinski definition) is 0. The first-order valence-corrected chi connectivity index (χ1v) is 11.5. The maximum Gasteiger partial charge on any atom is 0.0894 e. The molecule has 7 heteroatoms. The van der Waals surface area contributed by atoms with Crippen molar-refractivity contribution in [1.82, 2.24) is 29.9 Å². The zero-order valence-corrected chi connectivity index (χ0v) is 20.8. The zero-order valence-electron chi connectivity index (χ0n) is 19.7. The van der Waals surface area contributed by atoms with Crippen molar-refractivity contribution in [3.63, 3.8) is 0 Å². The van der Waals surface area contributed by atoms with Gasteiger partial charge in [-0.15, -0.1) is 0 Å². The molecule has 0 spiro atoms. The molecule has 0 aliphatic heterocycles. The van der Waals surface area contributed by atoms with Crippen LogP contribution in [0.3, 0.4) is 0 Å². The summed E-state index contributed by atoms with van der Waals surface area (Å²) < 4.78 is 0. The van der Waals surface area contributed by atoms with Crippen LogP contribution in [0.5, 0.6) is 0 Å². The third kappa shape index (κ3) is 6.76. The fourth-order valence-electron chi connectivity index (χ4n) is 3.50. The topological polar surface area (TPSA) is 77.3 Å². The van der Waals surface area contributed by atoms with Gasteiger partial charge in [0.05, 0.1) is 45.6 Å². The van der Waals surface area contributed by atoms with Crippen LogP contribution in [-0.2, 0) is 17.1 Å². The molecule has 0 atom stereocenters. The van der Waals surface area contributed by atoms with Crippen molar-refractivity contribution >= 4 is 0 Å². The normalized spacial score (nSPS) is 9.95. The number of aromatic nitrogens is 6. The second-order valence-corrected chi connectivity index (χ2v) is 7.68. The van der Waals surface area contributed by atoms with E-state index in [0.29, 0.717) is 0 Å². The van der Waals surface area contributed by atoms with Gasteiger partial charge in [-0.05, 0) is 72.8 Å². The van der Waals surface area contributed by atoms with Crippen LogP contribution < -0.4 is 0 Å². The SMILES string of the molecule is [Fe].c1ccc(-c2cccc(-c3ccccn3)n2)nc1.c1ccc(-c2cccc(-c3ccccn3)n2)nc1. The van der Waals surface area contributed by atoms with Gasteiger partial charge >= 0.3 is 0 Å². The van der Waals surface area contributed by atoms with Gasteiger partial charge in [0.1, 0.15) is 0 Å². The summed E-state index contributed by atoms with van der Waals surface area (Å²) in [5.74, 6) is 0. The summed E-state index contributed by atoms with van der Waals surface area (Å²) in [5, 5.41) is 0. The van der Waals surface area contributed by atoms with Crippen LogP contribution in [0.25, 0.3) is 45.6 Å². The molecule has 0 N–H and O–H groups in total. The Labute approximate surface area is 226 Å². The Morgan fingerprint density at radius 3 is 0.730 bits per heavy atom. The Hall–Kier alpha value is -4.58. The van der Waals surface area contributed by atoms with Crippen molar-refractivity contribution < 1.29 is 17.1 Å². The molecular weight excluding hydrogens is 500 g/mol. The standard InChI is InChI=1S/2C15H11N3.Fe/c2*1-3-10-16-12(6-1)14-8-5-9-15(18-14)13-7-2-4-11-17-13;/h2*1-11H;. The Kier molecular flexibility index (Phi) is 8.91. The van der Waals surface area contributed by atoms with Gasteiger partial charge < -0.3 is 0 Å². The number of nitrogens with zero attached hydrogens (tertiary/aromatic N) is 6. The van der Waals surface area contributed by atoms with E-state index in [9.17, 15) is 0 Å². The second kappa shape index (κ2) is 12.9. The fourth-order valence-corrected chi connectivity index (χ4v) is 3.50. The van der Waals surface area contributed by atoms with E-state index >= 15 is 0 Å². The van der Waals surface area contributed by atoms with E-state index in [1.54, 1.807) is 24.8 Å². The first-order chi connectivity index (χ1) is 17.9. The van der Waals surface area contributed by atoms with Crippen molar-refractivity contribution in [2.75, 3.05) is 0 Å². The zero-order chi connectivity index (χ0) is 24.4. The van der Waals surface area contributed by atoms with E-state index in [-0.39, 0.29) is 17.1 Å². The Bertz CT molecular complexity index is 1290. The van der Waals surface area contributed by atoms with E-state index in [4.69, 9.17) is 0 Å². The molecule has 0 aromatic carbocycles. The van der Waals surface area contributed by atoms with Crippen LogP contribution in [-0.4, -0.2) is 29.9 Å². The predicted octanol–water partition coefficient (Wildman–Crippen LogP) is 6.41. The van der Waals surface area contributed by atoms with E-state index < -0.39 is 0 Å². The molecule has 0 radical (unpaired) electrons. The molecule has 0 unspecified atom stereocenters. The summed E-state index contributed by atoms with van der Waals surface area (Å²) in [5.41, 5.74) is 6.92.